The van der Waals surface area contributed by atoms with Crippen LogP contribution in [0.3, 0.4) is 0 Å². The number of nitrogens with one attached hydrogen (secondary N) is 1. The molecule has 1 saturated heterocycles. The second-order valence-electron chi connectivity index (χ2n) is 11.4. The summed E-state index contributed by atoms with van der Waals surface area (Å²) in [4.78, 5) is 34.3. The number of benzene rings is 4. The average molecular weight is 589 g/mol. The van der Waals surface area contributed by atoms with Gasteiger partial charge in [0.05, 0.1) is 24.3 Å². The van der Waals surface area contributed by atoms with Crippen molar-refractivity contribution in [1.82, 2.24) is 14.5 Å². The Labute approximate surface area is 251 Å². The number of para-hydroxylation sites is 1. The molecular formula is C35H29FN4O4. The molecule has 0 unspecified atom stereocenters. The van der Waals surface area contributed by atoms with E-state index in [1.165, 1.54) is 6.07 Å². The highest BCUT2D eigenvalue weighted by Gasteiger charge is 2.31. The molecule has 2 aliphatic rings. The smallest absolute Gasteiger partial charge is 0.259 e. The molecule has 0 saturated carbocycles. The number of anilines is 1. The van der Waals surface area contributed by atoms with Crippen LogP contribution in [0.2, 0.25) is 0 Å². The first-order valence-electron chi connectivity index (χ1n) is 14.7. The molecule has 44 heavy (non-hydrogen) atoms. The van der Waals surface area contributed by atoms with E-state index in [4.69, 9.17) is 9.47 Å². The van der Waals surface area contributed by atoms with Gasteiger partial charge in [-0.2, -0.15) is 0 Å². The van der Waals surface area contributed by atoms with Gasteiger partial charge < -0.3 is 28.8 Å². The number of hydrogen-bond acceptors (Lipinski definition) is 5. The zero-order chi connectivity index (χ0) is 29.9. The quantitative estimate of drug-likeness (QED) is 0.266. The van der Waals surface area contributed by atoms with E-state index in [-0.39, 0.29) is 28.3 Å². The summed E-state index contributed by atoms with van der Waals surface area (Å²) in [5.74, 6) is -0.202. The van der Waals surface area contributed by atoms with E-state index in [1.54, 1.807) is 11.1 Å². The first-order chi connectivity index (χ1) is 21.5. The van der Waals surface area contributed by atoms with Crippen molar-refractivity contribution in [3.63, 3.8) is 0 Å². The fraction of sp³-hybridized carbons (Fsp3) is 0.200. The molecule has 0 bridgehead atoms. The van der Waals surface area contributed by atoms with E-state index in [0.717, 1.165) is 27.2 Å². The molecular weight excluding hydrogens is 559 g/mol. The van der Waals surface area contributed by atoms with Gasteiger partial charge in [0.2, 0.25) is 5.43 Å². The van der Waals surface area contributed by atoms with Gasteiger partial charge in [-0.3, -0.25) is 9.59 Å². The van der Waals surface area contributed by atoms with Crippen molar-refractivity contribution < 1.29 is 18.7 Å². The van der Waals surface area contributed by atoms with Gasteiger partial charge in [-0.05, 0) is 47.0 Å². The third-order valence-electron chi connectivity index (χ3n) is 8.77. The van der Waals surface area contributed by atoms with Crippen molar-refractivity contribution in [2.75, 3.05) is 44.8 Å². The molecule has 2 aromatic heterocycles. The van der Waals surface area contributed by atoms with E-state index < -0.39 is 11.2 Å². The van der Waals surface area contributed by atoms with Gasteiger partial charge in [0, 0.05) is 50.0 Å². The van der Waals surface area contributed by atoms with Crippen LogP contribution in [0.5, 0.6) is 11.5 Å². The van der Waals surface area contributed by atoms with Crippen LogP contribution in [0.1, 0.15) is 15.9 Å². The van der Waals surface area contributed by atoms with Crippen LogP contribution in [0, 0.1) is 5.82 Å². The second kappa shape index (κ2) is 10.2. The van der Waals surface area contributed by atoms with Crippen LogP contribution in [-0.4, -0.2) is 60.3 Å². The van der Waals surface area contributed by atoms with E-state index in [9.17, 15) is 9.59 Å². The fourth-order valence-electron chi connectivity index (χ4n) is 6.47. The molecule has 1 N–H and O–H groups in total. The maximum Gasteiger partial charge on any atom is 0.259 e. The summed E-state index contributed by atoms with van der Waals surface area (Å²) in [5.41, 5.74) is 3.03. The van der Waals surface area contributed by atoms with Gasteiger partial charge in [-0.15, -0.1) is 0 Å². The number of halogens is 1. The van der Waals surface area contributed by atoms with Gasteiger partial charge in [-0.25, -0.2) is 4.39 Å². The van der Waals surface area contributed by atoms with E-state index in [0.29, 0.717) is 56.2 Å². The number of morpholine rings is 1. The summed E-state index contributed by atoms with van der Waals surface area (Å²) >= 11 is 0. The van der Waals surface area contributed by atoms with Gasteiger partial charge in [0.15, 0.2) is 17.3 Å². The largest absolute Gasteiger partial charge is 0.451 e. The summed E-state index contributed by atoms with van der Waals surface area (Å²) < 4.78 is 29.9. The van der Waals surface area contributed by atoms with Crippen LogP contribution in [0.4, 0.5) is 10.1 Å². The minimum Gasteiger partial charge on any atom is -0.451 e. The molecule has 8 nitrogen and oxygen atoms in total. The number of carbonyl (C=O) groups is 1. The molecule has 220 valence electrons. The predicted molar refractivity (Wildman–Crippen MR) is 169 cm³/mol. The number of pyridine rings is 1. The summed E-state index contributed by atoms with van der Waals surface area (Å²) in [6.07, 6.45) is 4.25. The standard InChI is InChI=1S/C35H29FN4O4/c1-38(11-10-23-19-37-28-9-5-4-8-24(23)28)32-27(36)18-25-31-34(32)44-30-17-22-7-3-2-6-21(22)16-29(30)40(31)20-26(33(25)41)35(42)39-12-14-43-15-13-39/h2-9,16-20,37H,10-15H2,1H3. The summed E-state index contributed by atoms with van der Waals surface area (Å²) in [7, 11) is 1.83. The summed E-state index contributed by atoms with van der Waals surface area (Å²) in [6, 6.07) is 21.1. The lowest BCUT2D eigenvalue weighted by molar-refractivity contribution is 0.0301. The molecule has 4 aromatic carbocycles. The maximum atomic E-state index is 16.2. The summed E-state index contributed by atoms with van der Waals surface area (Å²) in [5, 5.41) is 3.17. The minimum atomic E-state index is -0.585. The van der Waals surface area contributed by atoms with Crippen LogP contribution in [0.15, 0.2) is 83.9 Å². The monoisotopic (exact) mass is 588 g/mol. The van der Waals surface area contributed by atoms with Crippen molar-refractivity contribution >= 4 is 44.2 Å². The van der Waals surface area contributed by atoms with Crippen molar-refractivity contribution in [3.8, 4) is 17.2 Å². The minimum absolute atomic E-state index is 0.00815. The molecule has 2 aliphatic heterocycles. The first kappa shape index (κ1) is 26.5. The van der Waals surface area contributed by atoms with Gasteiger partial charge in [-0.1, -0.05) is 42.5 Å². The lowest BCUT2D eigenvalue weighted by Gasteiger charge is -2.30. The number of carbonyl (C=O) groups excluding carboxylic acids is 1. The molecule has 0 atom stereocenters. The molecule has 0 aliphatic carbocycles. The SMILES string of the molecule is CN(CCc1c[nH]c2ccccc12)c1c(F)cc2c(=O)c(C(=O)N3CCOCC3)cn3c2c1Oc1cc2ccccc2cc1-3. The zero-order valence-corrected chi connectivity index (χ0v) is 24.1. The number of rotatable bonds is 5. The number of aromatic nitrogens is 2. The molecule has 4 heterocycles. The normalized spacial score (nSPS) is 14.2. The molecule has 1 amide bonds. The topological polar surface area (TPSA) is 79.8 Å². The second-order valence-corrected chi connectivity index (χ2v) is 11.4. The number of likely N-dealkylation sites (N-methyl/N-ethyl adjacent to an activating group) is 1. The van der Waals surface area contributed by atoms with E-state index >= 15 is 4.39 Å². The molecule has 1 fully saturated rings. The highest BCUT2D eigenvalue weighted by molar-refractivity contribution is 6.02. The number of H-pyrrole nitrogens is 1. The van der Waals surface area contributed by atoms with E-state index in [1.807, 2.05) is 77.3 Å². The number of nitrogens with zero attached hydrogens (tertiary/aromatic N) is 3. The summed E-state index contributed by atoms with van der Waals surface area (Å²) in [6.45, 7) is 2.09. The lowest BCUT2D eigenvalue weighted by atomic mass is 10.0. The Hall–Kier alpha value is -5.15. The highest BCUT2D eigenvalue weighted by atomic mass is 19.1. The number of hydrogen-bond donors (Lipinski definition) is 1. The van der Waals surface area contributed by atoms with E-state index in [2.05, 4.69) is 11.1 Å². The predicted octanol–water partition coefficient (Wildman–Crippen LogP) is 6.02. The molecule has 0 radical (unpaired) electrons. The molecule has 6 aromatic rings. The number of aromatic amines is 1. The Morgan fingerprint density at radius 3 is 2.57 bits per heavy atom. The van der Waals surface area contributed by atoms with Gasteiger partial charge in [0.25, 0.3) is 5.91 Å². The fourth-order valence-corrected chi connectivity index (χ4v) is 6.47. The molecule has 0 spiro atoms. The number of ether oxygens (including phenoxy) is 2. The Kier molecular flexibility index (Phi) is 6.16. The lowest BCUT2D eigenvalue weighted by Crippen LogP contribution is -2.42. The van der Waals surface area contributed by atoms with Crippen LogP contribution >= 0.6 is 0 Å². The Bertz CT molecular complexity index is 2180. The average Bonchev–Trinajstić information content (AvgIpc) is 3.47. The third kappa shape index (κ3) is 4.15. The molecule has 8 rings (SSSR count). The first-order valence-corrected chi connectivity index (χ1v) is 14.7. The third-order valence-corrected chi connectivity index (χ3v) is 8.77. The van der Waals surface area contributed by atoms with Crippen molar-refractivity contribution in [3.05, 3.63) is 106 Å². The van der Waals surface area contributed by atoms with Crippen LogP contribution < -0.4 is 15.1 Å². The Morgan fingerprint density at radius 2 is 1.75 bits per heavy atom. The Balaban J connectivity index is 1.29. The highest BCUT2D eigenvalue weighted by Crippen LogP contribution is 2.47. The Morgan fingerprint density at radius 1 is 1.00 bits per heavy atom. The van der Waals surface area contributed by atoms with Crippen LogP contribution in [-0.2, 0) is 11.2 Å². The van der Waals surface area contributed by atoms with Crippen molar-refractivity contribution in [1.29, 1.82) is 0 Å². The zero-order valence-electron chi connectivity index (χ0n) is 24.1. The van der Waals surface area contributed by atoms with Gasteiger partial charge in [0.1, 0.15) is 16.8 Å². The number of fused-ring (bicyclic) bond motifs is 4. The van der Waals surface area contributed by atoms with Gasteiger partial charge >= 0.3 is 0 Å². The maximum absolute atomic E-state index is 16.2. The molecule has 9 heteroatoms. The van der Waals surface area contributed by atoms with Crippen molar-refractivity contribution in [2.24, 2.45) is 0 Å². The van der Waals surface area contributed by atoms with Crippen LogP contribution in [0.25, 0.3) is 38.3 Å². The number of amides is 1. The van der Waals surface area contributed by atoms with Crippen molar-refractivity contribution in [2.45, 2.75) is 6.42 Å².